The van der Waals surface area contributed by atoms with Crippen LogP contribution in [0.5, 0.6) is 5.75 Å². The van der Waals surface area contributed by atoms with Gasteiger partial charge in [-0.05, 0) is 30.5 Å². The molecule has 2 aromatic rings. The molecule has 0 spiro atoms. The standard InChI is InChI=1S/C12H14N4O2S3/c1-19-11-15-16-12(21-11)20-7-6-18-9-4-2-8(3-5-9)10(17)14-13/h2-5H,6-7,13H2,1H3,(H,14,17). The molecule has 0 aliphatic rings. The first kappa shape index (κ1) is 16.1. The average molecular weight is 342 g/mol. The molecule has 0 aliphatic heterocycles. The molecule has 0 fully saturated rings. The van der Waals surface area contributed by atoms with Crippen molar-refractivity contribution in [2.75, 3.05) is 18.6 Å². The Labute approximate surface area is 134 Å². The van der Waals surface area contributed by atoms with Crippen molar-refractivity contribution in [3.63, 3.8) is 0 Å². The van der Waals surface area contributed by atoms with Gasteiger partial charge in [-0.15, -0.1) is 10.2 Å². The van der Waals surface area contributed by atoms with Crippen LogP contribution in [0.4, 0.5) is 0 Å². The molecule has 0 saturated carbocycles. The van der Waals surface area contributed by atoms with E-state index < -0.39 is 0 Å². The Morgan fingerprint density at radius 1 is 1.33 bits per heavy atom. The van der Waals surface area contributed by atoms with Crippen LogP contribution in [-0.2, 0) is 0 Å². The molecule has 1 amide bonds. The zero-order chi connectivity index (χ0) is 15.1. The lowest BCUT2D eigenvalue weighted by atomic mass is 10.2. The molecule has 0 radical (unpaired) electrons. The lowest BCUT2D eigenvalue weighted by Crippen LogP contribution is -2.29. The van der Waals surface area contributed by atoms with Crippen molar-refractivity contribution in [2.45, 2.75) is 8.68 Å². The molecule has 21 heavy (non-hydrogen) atoms. The van der Waals surface area contributed by atoms with Gasteiger partial charge in [-0.2, -0.15) is 0 Å². The molecular weight excluding hydrogens is 328 g/mol. The predicted molar refractivity (Wildman–Crippen MR) is 86.0 cm³/mol. The summed E-state index contributed by atoms with van der Waals surface area (Å²) in [6.07, 6.45) is 1.98. The Morgan fingerprint density at radius 2 is 2.05 bits per heavy atom. The number of ether oxygens (including phenoxy) is 1. The molecule has 1 aromatic heterocycles. The van der Waals surface area contributed by atoms with E-state index in [0.29, 0.717) is 17.9 Å². The van der Waals surface area contributed by atoms with E-state index in [1.54, 1.807) is 59.1 Å². The maximum Gasteiger partial charge on any atom is 0.265 e. The van der Waals surface area contributed by atoms with Crippen molar-refractivity contribution in [1.82, 2.24) is 15.6 Å². The summed E-state index contributed by atoms with van der Waals surface area (Å²) in [4.78, 5) is 11.3. The number of nitrogen functional groups attached to an aromatic ring is 1. The van der Waals surface area contributed by atoms with E-state index in [9.17, 15) is 4.79 Å². The topological polar surface area (TPSA) is 90.1 Å². The lowest BCUT2D eigenvalue weighted by Gasteiger charge is -2.06. The second kappa shape index (κ2) is 8.23. The van der Waals surface area contributed by atoms with E-state index in [2.05, 4.69) is 15.6 Å². The summed E-state index contributed by atoms with van der Waals surface area (Å²) in [5, 5.41) is 8.10. The number of carbonyl (C=O) groups is 1. The first-order chi connectivity index (χ1) is 10.2. The van der Waals surface area contributed by atoms with Crippen LogP contribution in [0.1, 0.15) is 10.4 Å². The Morgan fingerprint density at radius 3 is 2.67 bits per heavy atom. The van der Waals surface area contributed by atoms with Crippen LogP contribution in [0.15, 0.2) is 32.9 Å². The quantitative estimate of drug-likeness (QED) is 0.262. The number of nitrogens with one attached hydrogen (secondary N) is 1. The number of aromatic nitrogens is 2. The normalized spacial score (nSPS) is 10.4. The molecule has 0 bridgehead atoms. The van der Waals surface area contributed by atoms with Crippen molar-refractivity contribution in [3.05, 3.63) is 29.8 Å². The fraction of sp³-hybridized carbons (Fsp3) is 0.250. The lowest BCUT2D eigenvalue weighted by molar-refractivity contribution is 0.0953. The highest BCUT2D eigenvalue weighted by Crippen LogP contribution is 2.27. The molecule has 0 atom stereocenters. The molecular formula is C12H14N4O2S3. The summed E-state index contributed by atoms with van der Waals surface area (Å²) >= 11 is 4.78. The zero-order valence-corrected chi connectivity index (χ0v) is 13.7. The van der Waals surface area contributed by atoms with Gasteiger partial charge in [0.05, 0.1) is 6.61 Å². The summed E-state index contributed by atoms with van der Waals surface area (Å²) in [6, 6.07) is 6.82. The van der Waals surface area contributed by atoms with Gasteiger partial charge < -0.3 is 4.74 Å². The van der Waals surface area contributed by atoms with E-state index in [0.717, 1.165) is 14.4 Å². The molecule has 1 heterocycles. The van der Waals surface area contributed by atoms with Crippen LogP contribution in [0.3, 0.4) is 0 Å². The zero-order valence-electron chi connectivity index (χ0n) is 11.2. The summed E-state index contributed by atoms with van der Waals surface area (Å²) < 4.78 is 7.50. The van der Waals surface area contributed by atoms with Crippen LogP contribution in [0, 0.1) is 0 Å². The Hall–Kier alpha value is -1.29. The third kappa shape index (κ3) is 4.88. The molecule has 0 aliphatic carbocycles. The molecule has 1 aromatic carbocycles. The highest BCUT2D eigenvalue weighted by atomic mass is 32.2. The monoisotopic (exact) mass is 342 g/mol. The smallest absolute Gasteiger partial charge is 0.265 e. The van der Waals surface area contributed by atoms with Crippen molar-refractivity contribution < 1.29 is 9.53 Å². The minimum absolute atomic E-state index is 0.321. The van der Waals surface area contributed by atoms with Crippen LogP contribution in [0.25, 0.3) is 0 Å². The van der Waals surface area contributed by atoms with Gasteiger partial charge in [-0.25, -0.2) is 5.84 Å². The molecule has 0 saturated heterocycles. The number of hydrogen-bond donors (Lipinski definition) is 2. The highest BCUT2D eigenvalue weighted by Gasteiger charge is 2.05. The van der Waals surface area contributed by atoms with E-state index in [1.165, 1.54) is 0 Å². The fourth-order valence-corrected chi connectivity index (χ4v) is 3.74. The third-order valence-corrected chi connectivity index (χ3v) is 5.38. The Kier molecular flexibility index (Phi) is 6.30. The van der Waals surface area contributed by atoms with Crippen molar-refractivity contribution in [3.8, 4) is 5.75 Å². The van der Waals surface area contributed by atoms with Crippen molar-refractivity contribution in [2.24, 2.45) is 5.84 Å². The number of hydrogen-bond acceptors (Lipinski definition) is 8. The van der Waals surface area contributed by atoms with Gasteiger partial charge in [0, 0.05) is 11.3 Å². The van der Waals surface area contributed by atoms with Crippen LogP contribution < -0.4 is 16.0 Å². The van der Waals surface area contributed by atoms with Gasteiger partial charge in [-0.1, -0.05) is 34.9 Å². The minimum Gasteiger partial charge on any atom is -0.493 e. The van der Waals surface area contributed by atoms with Gasteiger partial charge in [0.15, 0.2) is 8.68 Å². The van der Waals surface area contributed by atoms with E-state index >= 15 is 0 Å². The first-order valence-electron chi connectivity index (χ1n) is 5.97. The highest BCUT2D eigenvalue weighted by molar-refractivity contribution is 8.02. The number of hydrazine groups is 1. The number of rotatable bonds is 7. The molecule has 6 nitrogen and oxygen atoms in total. The second-order valence-corrected chi connectivity index (χ2v) is 7.11. The van der Waals surface area contributed by atoms with Crippen molar-refractivity contribution >= 4 is 40.8 Å². The molecule has 3 N–H and O–H groups in total. The van der Waals surface area contributed by atoms with Gasteiger partial charge in [0.2, 0.25) is 0 Å². The van der Waals surface area contributed by atoms with E-state index in [-0.39, 0.29) is 5.91 Å². The average Bonchev–Trinajstić information content (AvgIpc) is 2.99. The fourth-order valence-electron chi connectivity index (χ4n) is 1.41. The third-order valence-electron chi connectivity index (χ3n) is 2.39. The minimum atomic E-state index is -0.321. The summed E-state index contributed by atoms with van der Waals surface area (Å²) in [7, 11) is 0. The van der Waals surface area contributed by atoms with Gasteiger partial charge >= 0.3 is 0 Å². The number of carbonyl (C=O) groups excluding carboxylic acids is 1. The molecule has 9 heteroatoms. The van der Waals surface area contributed by atoms with Gasteiger partial charge in [0.25, 0.3) is 5.91 Å². The van der Waals surface area contributed by atoms with Crippen LogP contribution >= 0.6 is 34.9 Å². The Bertz CT molecular complexity index is 588. The first-order valence-corrected chi connectivity index (χ1v) is 8.99. The molecule has 0 unspecified atom stereocenters. The predicted octanol–water partition coefficient (Wildman–Crippen LogP) is 2.03. The van der Waals surface area contributed by atoms with Crippen LogP contribution in [-0.4, -0.2) is 34.7 Å². The summed E-state index contributed by atoms with van der Waals surface area (Å²) in [5.41, 5.74) is 2.58. The number of nitrogens with two attached hydrogens (primary N) is 1. The SMILES string of the molecule is CSc1nnc(SCCOc2ccc(C(=O)NN)cc2)s1. The summed E-state index contributed by atoms with van der Waals surface area (Å²) in [5.74, 6) is 6.24. The second-order valence-electron chi connectivity index (χ2n) is 3.73. The van der Waals surface area contributed by atoms with Gasteiger partial charge in [0.1, 0.15) is 5.75 Å². The molecule has 112 valence electrons. The Balaban J connectivity index is 1.74. The number of nitrogens with zero attached hydrogens (tertiary/aromatic N) is 2. The maximum absolute atomic E-state index is 11.3. The van der Waals surface area contributed by atoms with E-state index in [1.807, 2.05) is 6.26 Å². The van der Waals surface area contributed by atoms with Crippen LogP contribution in [0.2, 0.25) is 0 Å². The molecule has 2 rings (SSSR count). The number of amides is 1. The number of thioether (sulfide) groups is 2. The summed E-state index contributed by atoms with van der Waals surface area (Å²) in [6.45, 7) is 0.557. The van der Waals surface area contributed by atoms with Crippen molar-refractivity contribution in [1.29, 1.82) is 0 Å². The van der Waals surface area contributed by atoms with Gasteiger partial charge in [-0.3, -0.25) is 10.2 Å². The maximum atomic E-state index is 11.3. The number of benzene rings is 1. The van der Waals surface area contributed by atoms with E-state index in [4.69, 9.17) is 10.6 Å². The largest absolute Gasteiger partial charge is 0.493 e.